The Balaban J connectivity index is 2.32. The molecular weight excluding hydrogens is 200 g/mol. The average Bonchev–Trinajstić information content (AvgIpc) is 2.55. The number of pyridine rings is 1. The third-order valence-corrected chi connectivity index (χ3v) is 2.75. The summed E-state index contributed by atoms with van der Waals surface area (Å²) in [6.45, 7) is 5.77. The fraction of sp³-hybridized carbons (Fsp3) is 0.500. The molecule has 0 aliphatic heterocycles. The number of nitrogens with two attached hydrogens (primary N) is 1. The summed E-state index contributed by atoms with van der Waals surface area (Å²) in [5.41, 5.74) is 8.63. The number of aryl methyl sites for hydroxylation is 3. The van der Waals surface area contributed by atoms with E-state index in [1.54, 1.807) is 0 Å². The number of hydrogen-bond acceptors (Lipinski definition) is 3. The number of unbranched alkanes of at least 4 members (excludes halogenated alkanes) is 1. The summed E-state index contributed by atoms with van der Waals surface area (Å²) >= 11 is 0. The quantitative estimate of drug-likeness (QED) is 0.796. The van der Waals surface area contributed by atoms with Crippen molar-refractivity contribution in [2.24, 2.45) is 5.73 Å². The Bertz CT molecular complexity index is 487. The van der Waals surface area contributed by atoms with Gasteiger partial charge >= 0.3 is 0 Å². The molecule has 2 N–H and O–H groups in total. The minimum absolute atomic E-state index is 0.748. The van der Waals surface area contributed by atoms with Crippen molar-refractivity contribution >= 4 is 11.2 Å². The van der Waals surface area contributed by atoms with Gasteiger partial charge in [0, 0.05) is 12.7 Å². The molecule has 0 unspecified atom stereocenters. The molecule has 0 aliphatic carbocycles. The Morgan fingerprint density at radius 1 is 1.31 bits per heavy atom. The van der Waals surface area contributed by atoms with Crippen LogP contribution in [0.1, 0.15) is 24.2 Å². The smallest absolute Gasteiger partial charge is 0.159 e. The van der Waals surface area contributed by atoms with Crippen molar-refractivity contribution in [3.8, 4) is 0 Å². The van der Waals surface area contributed by atoms with Gasteiger partial charge in [-0.25, -0.2) is 9.97 Å². The highest BCUT2D eigenvalue weighted by molar-refractivity contribution is 5.72. The standard InChI is InChI=1S/C12H18N4/c1-9-7-11-12(14-8-9)16(10(2)15-11)6-4-3-5-13/h7-8H,3-6,13H2,1-2H3. The molecule has 0 saturated heterocycles. The molecule has 0 saturated carbocycles. The van der Waals surface area contributed by atoms with Crippen LogP contribution in [0.15, 0.2) is 12.3 Å². The molecule has 0 spiro atoms. The van der Waals surface area contributed by atoms with Gasteiger partial charge in [0.1, 0.15) is 11.3 Å². The number of rotatable bonds is 4. The zero-order valence-electron chi connectivity index (χ0n) is 9.90. The second-order valence-electron chi connectivity index (χ2n) is 4.16. The van der Waals surface area contributed by atoms with Crippen molar-refractivity contribution in [3.05, 3.63) is 23.7 Å². The summed E-state index contributed by atoms with van der Waals surface area (Å²) in [4.78, 5) is 8.97. The highest BCUT2D eigenvalue weighted by Gasteiger charge is 2.07. The molecule has 4 nitrogen and oxygen atoms in total. The fourth-order valence-corrected chi connectivity index (χ4v) is 1.91. The molecule has 0 radical (unpaired) electrons. The van der Waals surface area contributed by atoms with E-state index in [1.165, 1.54) is 0 Å². The first-order chi connectivity index (χ1) is 7.72. The van der Waals surface area contributed by atoms with Gasteiger partial charge in [0.2, 0.25) is 0 Å². The van der Waals surface area contributed by atoms with Crippen molar-refractivity contribution in [3.63, 3.8) is 0 Å². The molecule has 2 rings (SSSR count). The molecule has 0 fully saturated rings. The molecule has 86 valence electrons. The van der Waals surface area contributed by atoms with E-state index in [-0.39, 0.29) is 0 Å². The van der Waals surface area contributed by atoms with Gasteiger partial charge in [0.05, 0.1) is 0 Å². The Kier molecular flexibility index (Phi) is 3.19. The molecule has 16 heavy (non-hydrogen) atoms. The van der Waals surface area contributed by atoms with Crippen LogP contribution in [0.5, 0.6) is 0 Å². The van der Waals surface area contributed by atoms with Crippen LogP contribution in [0.25, 0.3) is 11.2 Å². The topological polar surface area (TPSA) is 56.7 Å². The van der Waals surface area contributed by atoms with Crippen LogP contribution < -0.4 is 5.73 Å². The highest BCUT2D eigenvalue weighted by atomic mass is 15.1. The summed E-state index contributed by atoms with van der Waals surface area (Å²) in [6, 6.07) is 2.08. The minimum atomic E-state index is 0.748. The average molecular weight is 218 g/mol. The maximum Gasteiger partial charge on any atom is 0.159 e. The largest absolute Gasteiger partial charge is 0.330 e. The molecule has 2 aromatic heterocycles. The Morgan fingerprint density at radius 2 is 2.12 bits per heavy atom. The van der Waals surface area contributed by atoms with Crippen molar-refractivity contribution in [1.29, 1.82) is 0 Å². The second kappa shape index (κ2) is 4.61. The van der Waals surface area contributed by atoms with Crippen LogP contribution in [0.4, 0.5) is 0 Å². The number of nitrogens with zero attached hydrogens (tertiary/aromatic N) is 3. The van der Waals surface area contributed by atoms with Crippen molar-refractivity contribution in [2.75, 3.05) is 6.54 Å². The predicted molar refractivity (Wildman–Crippen MR) is 65.3 cm³/mol. The molecule has 2 heterocycles. The van der Waals surface area contributed by atoms with Gasteiger partial charge in [-0.1, -0.05) is 0 Å². The van der Waals surface area contributed by atoms with Gasteiger partial charge in [0.15, 0.2) is 5.65 Å². The monoisotopic (exact) mass is 218 g/mol. The first-order valence-electron chi connectivity index (χ1n) is 5.72. The van der Waals surface area contributed by atoms with Gasteiger partial charge in [0.25, 0.3) is 0 Å². The lowest BCUT2D eigenvalue weighted by molar-refractivity contribution is 0.611. The lowest BCUT2D eigenvalue weighted by atomic mass is 10.3. The number of fused-ring (bicyclic) bond motifs is 1. The van der Waals surface area contributed by atoms with Crippen LogP contribution in [-0.4, -0.2) is 21.1 Å². The summed E-state index contributed by atoms with van der Waals surface area (Å²) in [5, 5.41) is 0. The van der Waals surface area contributed by atoms with Gasteiger partial charge in [-0.2, -0.15) is 0 Å². The molecular formula is C12H18N4. The lowest BCUT2D eigenvalue weighted by Gasteiger charge is -2.05. The minimum Gasteiger partial charge on any atom is -0.330 e. The van der Waals surface area contributed by atoms with Crippen molar-refractivity contribution in [2.45, 2.75) is 33.2 Å². The first kappa shape index (κ1) is 11.1. The van der Waals surface area contributed by atoms with E-state index in [1.807, 2.05) is 20.0 Å². The second-order valence-corrected chi connectivity index (χ2v) is 4.16. The van der Waals surface area contributed by atoms with Crippen molar-refractivity contribution < 1.29 is 0 Å². The van der Waals surface area contributed by atoms with E-state index >= 15 is 0 Å². The number of hydrogen-bond donors (Lipinski definition) is 1. The molecule has 0 bridgehead atoms. The number of aromatic nitrogens is 3. The summed E-state index contributed by atoms with van der Waals surface area (Å²) < 4.78 is 2.17. The lowest BCUT2D eigenvalue weighted by Crippen LogP contribution is -2.05. The maximum absolute atomic E-state index is 5.50. The van der Waals surface area contributed by atoms with Crippen molar-refractivity contribution in [1.82, 2.24) is 14.5 Å². The zero-order valence-corrected chi connectivity index (χ0v) is 9.90. The molecule has 0 atom stereocenters. The maximum atomic E-state index is 5.50. The highest BCUT2D eigenvalue weighted by Crippen LogP contribution is 2.15. The molecule has 0 aliphatic rings. The summed E-state index contributed by atoms with van der Waals surface area (Å²) in [6.07, 6.45) is 4.02. The number of imidazole rings is 1. The zero-order chi connectivity index (χ0) is 11.5. The third kappa shape index (κ3) is 2.07. The first-order valence-corrected chi connectivity index (χ1v) is 5.72. The van der Waals surface area contributed by atoms with Gasteiger partial charge in [-0.15, -0.1) is 0 Å². The SMILES string of the molecule is Cc1cnc2c(c1)nc(C)n2CCCCN. The van der Waals surface area contributed by atoms with Gasteiger partial charge in [-0.3, -0.25) is 0 Å². The molecule has 4 heteroatoms. The Morgan fingerprint density at radius 3 is 2.88 bits per heavy atom. The van der Waals surface area contributed by atoms with Crippen LogP contribution >= 0.6 is 0 Å². The predicted octanol–water partition coefficient (Wildman–Crippen LogP) is 1.79. The molecule has 2 aromatic rings. The Labute approximate surface area is 95.5 Å². The van der Waals surface area contributed by atoms with Gasteiger partial charge in [-0.05, 0) is 44.9 Å². The van der Waals surface area contributed by atoms with E-state index < -0.39 is 0 Å². The third-order valence-electron chi connectivity index (χ3n) is 2.75. The van der Waals surface area contributed by atoms with Crippen LogP contribution in [0, 0.1) is 13.8 Å². The normalized spacial score (nSPS) is 11.2. The van der Waals surface area contributed by atoms with E-state index in [4.69, 9.17) is 5.73 Å². The van der Waals surface area contributed by atoms with Crippen LogP contribution in [-0.2, 0) is 6.54 Å². The molecule has 0 aromatic carbocycles. The van der Waals surface area contributed by atoms with Crippen LogP contribution in [0.2, 0.25) is 0 Å². The fourth-order valence-electron chi connectivity index (χ4n) is 1.91. The van der Waals surface area contributed by atoms with E-state index in [0.717, 1.165) is 48.5 Å². The molecule has 0 amide bonds. The summed E-state index contributed by atoms with van der Waals surface area (Å²) in [5.74, 6) is 1.03. The van der Waals surface area contributed by atoms with E-state index in [9.17, 15) is 0 Å². The summed E-state index contributed by atoms with van der Waals surface area (Å²) in [7, 11) is 0. The Hall–Kier alpha value is -1.42. The van der Waals surface area contributed by atoms with Crippen LogP contribution in [0.3, 0.4) is 0 Å². The van der Waals surface area contributed by atoms with E-state index in [0.29, 0.717) is 0 Å². The van der Waals surface area contributed by atoms with E-state index in [2.05, 4.69) is 20.6 Å². The van der Waals surface area contributed by atoms with Gasteiger partial charge < -0.3 is 10.3 Å².